The van der Waals surface area contributed by atoms with Crippen LogP contribution in [0.2, 0.25) is 0 Å². The number of aromatic amines is 1. The monoisotopic (exact) mass is 272 g/mol. The molecule has 0 bridgehead atoms. The maximum atomic E-state index is 12.7. The second-order valence-electron chi connectivity index (χ2n) is 6.10. The van der Waals surface area contributed by atoms with Gasteiger partial charge < -0.3 is 14.6 Å². The van der Waals surface area contributed by atoms with Crippen molar-refractivity contribution in [2.45, 2.75) is 26.3 Å². The van der Waals surface area contributed by atoms with Crippen LogP contribution in [0.25, 0.3) is 10.9 Å². The Morgan fingerprint density at radius 3 is 2.90 bits per heavy atom. The molecule has 0 saturated carbocycles. The standard InChI is InChI=1S/C16H20N2O2/c1-11-4-5-12-9-14(17-13(12)8-11)15(19)18-6-7-20-10-16(18,2)3/h4-5,8-9,17H,6-7,10H2,1-3H3. The van der Waals surface area contributed by atoms with E-state index in [1.165, 1.54) is 5.56 Å². The quantitative estimate of drug-likeness (QED) is 0.867. The highest BCUT2D eigenvalue weighted by Crippen LogP contribution is 2.23. The molecular weight excluding hydrogens is 252 g/mol. The Bertz CT molecular complexity index is 658. The van der Waals surface area contributed by atoms with Gasteiger partial charge in [-0.3, -0.25) is 4.79 Å². The number of benzene rings is 1. The Morgan fingerprint density at radius 1 is 1.35 bits per heavy atom. The van der Waals surface area contributed by atoms with E-state index in [9.17, 15) is 4.79 Å². The Morgan fingerprint density at radius 2 is 2.15 bits per heavy atom. The summed E-state index contributed by atoms with van der Waals surface area (Å²) in [6, 6.07) is 8.10. The number of carbonyl (C=O) groups excluding carboxylic acids is 1. The first-order chi connectivity index (χ1) is 9.47. The number of hydrogen-bond donors (Lipinski definition) is 1. The molecule has 1 N–H and O–H groups in total. The number of amides is 1. The lowest BCUT2D eigenvalue weighted by Gasteiger charge is -2.41. The van der Waals surface area contributed by atoms with Gasteiger partial charge in [-0.25, -0.2) is 0 Å². The third kappa shape index (κ3) is 2.20. The van der Waals surface area contributed by atoms with Crippen molar-refractivity contribution in [3.05, 3.63) is 35.5 Å². The Kier molecular flexibility index (Phi) is 3.05. The molecule has 106 valence electrons. The molecule has 4 heteroatoms. The maximum absolute atomic E-state index is 12.7. The highest BCUT2D eigenvalue weighted by Gasteiger charge is 2.35. The van der Waals surface area contributed by atoms with Gasteiger partial charge in [-0.15, -0.1) is 0 Å². The van der Waals surface area contributed by atoms with E-state index >= 15 is 0 Å². The normalized spacial score (nSPS) is 18.4. The maximum Gasteiger partial charge on any atom is 0.270 e. The van der Waals surface area contributed by atoms with Crippen LogP contribution in [0.15, 0.2) is 24.3 Å². The van der Waals surface area contributed by atoms with Gasteiger partial charge in [0.1, 0.15) is 5.69 Å². The predicted molar refractivity (Wildman–Crippen MR) is 79.0 cm³/mol. The molecule has 4 nitrogen and oxygen atoms in total. The van der Waals surface area contributed by atoms with E-state index in [-0.39, 0.29) is 11.4 Å². The Balaban J connectivity index is 1.95. The van der Waals surface area contributed by atoms with Crippen molar-refractivity contribution < 1.29 is 9.53 Å². The number of morpholine rings is 1. The molecule has 2 heterocycles. The molecule has 0 spiro atoms. The number of H-pyrrole nitrogens is 1. The molecule has 1 amide bonds. The van der Waals surface area contributed by atoms with Crippen LogP contribution in [0.1, 0.15) is 29.9 Å². The molecular formula is C16H20N2O2. The highest BCUT2D eigenvalue weighted by atomic mass is 16.5. The van der Waals surface area contributed by atoms with Crippen molar-refractivity contribution in [2.75, 3.05) is 19.8 Å². The van der Waals surface area contributed by atoms with Crippen molar-refractivity contribution in [1.29, 1.82) is 0 Å². The first kappa shape index (κ1) is 13.2. The third-order valence-electron chi connectivity index (χ3n) is 3.90. The average molecular weight is 272 g/mol. The number of fused-ring (bicyclic) bond motifs is 1. The molecule has 20 heavy (non-hydrogen) atoms. The third-order valence-corrected chi connectivity index (χ3v) is 3.90. The van der Waals surface area contributed by atoms with Crippen LogP contribution in [0, 0.1) is 6.92 Å². The van der Waals surface area contributed by atoms with E-state index in [0.717, 1.165) is 10.9 Å². The summed E-state index contributed by atoms with van der Waals surface area (Å²) < 4.78 is 5.47. The number of aromatic nitrogens is 1. The molecule has 1 aromatic heterocycles. The Labute approximate surface area is 118 Å². The number of aryl methyl sites for hydroxylation is 1. The number of nitrogens with one attached hydrogen (secondary N) is 1. The molecule has 3 rings (SSSR count). The van der Waals surface area contributed by atoms with Gasteiger partial charge >= 0.3 is 0 Å². The molecule has 1 aromatic carbocycles. The zero-order chi connectivity index (χ0) is 14.3. The van der Waals surface area contributed by atoms with Crippen molar-refractivity contribution in [3.63, 3.8) is 0 Å². The van der Waals surface area contributed by atoms with E-state index in [1.807, 2.05) is 37.8 Å². The number of nitrogens with zero attached hydrogens (tertiary/aromatic N) is 1. The summed E-state index contributed by atoms with van der Waals surface area (Å²) >= 11 is 0. The van der Waals surface area contributed by atoms with Crippen LogP contribution in [0.4, 0.5) is 0 Å². The topological polar surface area (TPSA) is 45.3 Å². The predicted octanol–water partition coefficient (Wildman–Crippen LogP) is 2.73. The summed E-state index contributed by atoms with van der Waals surface area (Å²) in [6.45, 7) is 7.95. The number of rotatable bonds is 1. The second-order valence-corrected chi connectivity index (χ2v) is 6.10. The first-order valence-corrected chi connectivity index (χ1v) is 6.96. The molecule has 0 atom stereocenters. The number of ether oxygens (including phenoxy) is 1. The fourth-order valence-electron chi connectivity index (χ4n) is 2.74. The zero-order valence-electron chi connectivity index (χ0n) is 12.2. The van der Waals surface area contributed by atoms with Crippen LogP contribution in [-0.4, -0.2) is 41.1 Å². The molecule has 0 radical (unpaired) electrons. The Hall–Kier alpha value is -1.81. The summed E-state index contributed by atoms with van der Waals surface area (Å²) in [5.74, 6) is 0.0483. The van der Waals surface area contributed by atoms with E-state index < -0.39 is 0 Å². The van der Waals surface area contributed by atoms with Crippen molar-refractivity contribution in [2.24, 2.45) is 0 Å². The van der Waals surface area contributed by atoms with Gasteiger partial charge in [0.25, 0.3) is 5.91 Å². The molecule has 1 aliphatic rings. The molecule has 1 aliphatic heterocycles. The van der Waals surface area contributed by atoms with Gasteiger partial charge in [0.15, 0.2) is 0 Å². The van der Waals surface area contributed by atoms with Gasteiger partial charge in [-0.05, 0) is 38.5 Å². The summed E-state index contributed by atoms with van der Waals surface area (Å²) in [5, 5.41) is 1.07. The number of hydrogen-bond acceptors (Lipinski definition) is 2. The minimum atomic E-state index is -0.261. The summed E-state index contributed by atoms with van der Waals surface area (Å²) in [5.41, 5.74) is 2.59. The minimum absolute atomic E-state index is 0.0483. The van der Waals surface area contributed by atoms with Gasteiger partial charge in [0, 0.05) is 17.4 Å². The SMILES string of the molecule is Cc1ccc2cc(C(=O)N3CCOCC3(C)C)[nH]c2c1. The van der Waals surface area contributed by atoms with Crippen molar-refractivity contribution >= 4 is 16.8 Å². The lowest BCUT2D eigenvalue weighted by atomic mass is 10.0. The lowest BCUT2D eigenvalue weighted by Crippen LogP contribution is -2.55. The van der Waals surface area contributed by atoms with E-state index in [1.54, 1.807) is 0 Å². The molecule has 2 aromatic rings. The van der Waals surface area contributed by atoms with Crippen LogP contribution in [0.3, 0.4) is 0 Å². The van der Waals surface area contributed by atoms with Crippen LogP contribution < -0.4 is 0 Å². The lowest BCUT2D eigenvalue weighted by molar-refractivity contribution is -0.0372. The summed E-state index contributed by atoms with van der Waals surface area (Å²) in [4.78, 5) is 17.8. The van der Waals surface area contributed by atoms with Gasteiger partial charge in [0.2, 0.25) is 0 Å². The van der Waals surface area contributed by atoms with Gasteiger partial charge in [0.05, 0.1) is 18.8 Å². The fraction of sp³-hybridized carbons (Fsp3) is 0.438. The minimum Gasteiger partial charge on any atom is -0.377 e. The largest absolute Gasteiger partial charge is 0.377 e. The molecule has 1 saturated heterocycles. The molecule has 0 unspecified atom stereocenters. The van der Waals surface area contributed by atoms with E-state index in [4.69, 9.17) is 4.74 Å². The van der Waals surface area contributed by atoms with Gasteiger partial charge in [-0.1, -0.05) is 12.1 Å². The smallest absolute Gasteiger partial charge is 0.270 e. The van der Waals surface area contributed by atoms with E-state index in [2.05, 4.69) is 17.1 Å². The van der Waals surface area contributed by atoms with E-state index in [0.29, 0.717) is 25.5 Å². The summed E-state index contributed by atoms with van der Waals surface area (Å²) in [6.07, 6.45) is 0. The fourth-order valence-corrected chi connectivity index (χ4v) is 2.74. The van der Waals surface area contributed by atoms with Crippen LogP contribution in [0.5, 0.6) is 0 Å². The van der Waals surface area contributed by atoms with Crippen LogP contribution >= 0.6 is 0 Å². The highest BCUT2D eigenvalue weighted by molar-refractivity contribution is 5.98. The first-order valence-electron chi connectivity index (χ1n) is 6.96. The molecule has 1 fully saturated rings. The summed E-state index contributed by atoms with van der Waals surface area (Å²) in [7, 11) is 0. The average Bonchev–Trinajstić information content (AvgIpc) is 2.80. The second kappa shape index (κ2) is 4.63. The molecule has 0 aliphatic carbocycles. The van der Waals surface area contributed by atoms with Crippen molar-refractivity contribution in [1.82, 2.24) is 9.88 Å². The van der Waals surface area contributed by atoms with Crippen molar-refractivity contribution in [3.8, 4) is 0 Å². The number of carbonyl (C=O) groups is 1. The van der Waals surface area contributed by atoms with Crippen LogP contribution in [-0.2, 0) is 4.74 Å². The van der Waals surface area contributed by atoms with Gasteiger partial charge in [-0.2, -0.15) is 0 Å². The zero-order valence-corrected chi connectivity index (χ0v) is 12.2.